The van der Waals surface area contributed by atoms with Crippen molar-refractivity contribution in [1.82, 2.24) is 15.0 Å². The van der Waals surface area contributed by atoms with E-state index in [-0.39, 0.29) is 5.69 Å². The second-order valence-electron chi connectivity index (χ2n) is 5.94. The number of ether oxygens (including phenoxy) is 1. The summed E-state index contributed by atoms with van der Waals surface area (Å²) in [6.07, 6.45) is 4.13. The Labute approximate surface area is 164 Å². The van der Waals surface area contributed by atoms with Crippen molar-refractivity contribution in [2.45, 2.75) is 6.54 Å². The molecule has 1 aromatic heterocycles. The SMILES string of the molecule is O=C(COC(=O)/C=C/c1cn(Cc2ccccc2)nn1)Nc1cc(F)ccc1F. The monoisotopic (exact) mass is 398 g/mol. The highest BCUT2D eigenvalue weighted by atomic mass is 19.1. The molecule has 1 heterocycles. The molecule has 0 atom stereocenters. The molecule has 1 N–H and O–H groups in total. The third kappa shape index (κ3) is 6.06. The minimum absolute atomic E-state index is 0.336. The summed E-state index contributed by atoms with van der Waals surface area (Å²) in [6.45, 7) is -0.122. The number of nitrogens with zero attached hydrogens (tertiary/aromatic N) is 3. The first-order valence-electron chi connectivity index (χ1n) is 8.53. The van der Waals surface area contributed by atoms with Gasteiger partial charge in [-0.25, -0.2) is 18.3 Å². The average molecular weight is 398 g/mol. The third-order valence-corrected chi connectivity index (χ3v) is 3.68. The van der Waals surface area contributed by atoms with Crippen molar-refractivity contribution in [2.24, 2.45) is 0 Å². The summed E-state index contributed by atoms with van der Waals surface area (Å²) in [4.78, 5) is 23.4. The zero-order chi connectivity index (χ0) is 20.6. The van der Waals surface area contributed by atoms with Crippen LogP contribution in [0.2, 0.25) is 0 Å². The van der Waals surface area contributed by atoms with Crippen LogP contribution in [0.5, 0.6) is 0 Å². The summed E-state index contributed by atoms with van der Waals surface area (Å²) in [5.41, 5.74) is 1.15. The van der Waals surface area contributed by atoms with E-state index in [1.807, 2.05) is 30.3 Å². The first-order chi connectivity index (χ1) is 14.0. The van der Waals surface area contributed by atoms with Gasteiger partial charge in [0.15, 0.2) is 6.61 Å². The number of hydrogen-bond donors (Lipinski definition) is 1. The number of esters is 1. The molecule has 148 valence electrons. The van der Waals surface area contributed by atoms with Gasteiger partial charge >= 0.3 is 5.97 Å². The van der Waals surface area contributed by atoms with Crippen LogP contribution in [0.15, 0.2) is 60.8 Å². The molecular weight excluding hydrogens is 382 g/mol. The fraction of sp³-hybridized carbons (Fsp3) is 0.100. The molecule has 2 aromatic carbocycles. The fourth-order valence-corrected chi connectivity index (χ4v) is 2.36. The van der Waals surface area contributed by atoms with Crippen LogP contribution in [-0.2, 0) is 20.9 Å². The maximum atomic E-state index is 13.5. The highest BCUT2D eigenvalue weighted by Gasteiger charge is 2.10. The number of anilines is 1. The Bertz CT molecular complexity index is 1040. The maximum Gasteiger partial charge on any atom is 0.331 e. The third-order valence-electron chi connectivity index (χ3n) is 3.68. The van der Waals surface area contributed by atoms with Crippen LogP contribution in [0.3, 0.4) is 0 Å². The molecule has 3 aromatic rings. The number of nitrogens with one attached hydrogen (secondary N) is 1. The first kappa shape index (κ1) is 19.9. The van der Waals surface area contributed by atoms with Crippen molar-refractivity contribution in [3.05, 3.63) is 83.7 Å². The standard InChI is InChI=1S/C20H16F2N4O3/c21-15-6-8-17(22)18(10-15)23-19(27)13-29-20(28)9-7-16-12-26(25-24-16)11-14-4-2-1-3-5-14/h1-10,12H,11,13H2,(H,23,27)/b9-7+. The van der Waals surface area contributed by atoms with Crippen LogP contribution < -0.4 is 5.32 Å². The maximum absolute atomic E-state index is 13.5. The molecule has 29 heavy (non-hydrogen) atoms. The number of aromatic nitrogens is 3. The molecule has 0 spiro atoms. The van der Waals surface area contributed by atoms with E-state index in [2.05, 4.69) is 15.6 Å². The fourth-order valence-electron chi connectivity index (χ4n) is 2.36. The number of carbonyl (C=O) groups excluding carboxylic acids is 2. The highest BCUT2D eigenvalue weighted by Crippen LogP contribution is 2.15. The Balaban J connectivity index is 1.47. The number of amides is 1. The van der Waals surface area contributed by atoms with Crippen molar-refractivity contribution in [3.8, 4) is 0 Å². The zero-order valence-corrected chi connectivity index (χ0v) is 15.1. The van der Waals surface area contributed by atoms with Crippen molar-refractivity contribution in [2.75, 3.05) is 11.9 Å². The molecule has 0 bridgehead atoms. The molecule has 0 fully saturated rings. The number of hydrogen-bond acceptors (Lipinski definition) is 5. The van der Waals surface area contributed by atoms with E-state index in [0.29, 0.717) is 12.2 Å². The molecule has 3 rings (SSSR count). The normalized spacial score (nSPS) is 10.8. The molecule has 0 aliphatic heterocycles. The highest BCUT2D eigenvalue weighted by molar-refractivity contribution is 5.94. The van der Waals surface area contributed by atoms with Crippen molar-refractivity contribution in [3.63, 3.8) is 0 Å². The van der Waals surface area contributed by atoms with E-state index in [1.165, 1.54) is 6.08 Å². The Kier molecular flexibility index (Phi) is 6.41. The predicted octanol–water partition coefficient (Wildman–Crippen LogP) is 2.80. The average Bonchev–Trinajstić information content (AvgIpc) is 3.15. The summed E-state index contributed by atoms with van der Waals surface area (Å²) in [5.74, 6) is -3.10. The van der Waals surface area contributed by atoms with Gasteiger partial charge in [0.05, 0.1) is 18.4 Å². The minimum atomic E-state index is -0.801. The van der Waals surface area contributed by atoms with Crippen molar-refractivity contribution in [1.29, 1.82) is 0 Å². The molecule has 7 nitrogen and oxygen atoms in total. The molecule has 0 aliphatic rings. The van der Waals surface area contributed by atoms with E-state index < -0.39 is 30.1 Å². The lowest BCUT2D eigenvalue weighted by molar-refractivity contribution is -0.142. The smallest absolute Gasteiger partial charge is 0.331 e. The molecule has 9 heteroatoms. The van der Waals surface area contributed by atoms with Crippen LogP contribution in [0.4, 0.5) is 14.5 Å². The van der Waals surface area contributed by atoms with Gasteiger partial charge < -0.3 is 10.1 Å². The lowest BCUT2D eigenvalue weighted by Crippen LogP contribution is -2.20. The summed E-state index contributed by atoms with van der Waals surface area (Å²) >= 11 is 0. The van der Waals surface area contributed by atoms with Gasteiger partial charge in [0.25, 0.3) is 5.91 Å². The largest absolute Gasteiger partial charge is 0.452 e. The summed E-state index contributed by atoms with van der Waals surface area (Å²) in [5, 5.41) is 10.00. The lowest BCUT2D eigenvalue weighted by atomic mass is 10.2. The van der Waals surface area contributed by atoms with Crippen molar-refractivity contribution >= 4 is 23.6 Å². The van der Waals surface area contributed by atoms with E-state index in [1.54, 1.807) is 10.9 Å². The van der Waals surface area contributed by atoms with Gasteiger partial charge in [-0.2, -0.15) is 0 Å². The molecule has 0 aliphatic carbocycles. The second kappa shape index (κ2) is 9.36. The predicted molar refractivity (Wildman–Crippen MR) is 101 cm³/mol. The Morgan fingerprint density at radius 1 is 1.14 bits per heavy atom. The Morgan fingerprint density at radius 2 is 1.93 bits per heavy atom. The van der Waals surface area contributed by atoms with Crippen LogP contribution >= 0.6 is 0 Å². The lowest BCUT2D eigenvalue weighted by Gasteiger charge is -2.06. The first-order valence-corrected chi connectivity index (χ1v) is 8.53. The van der Waals surface area contributed by atoms with Gasteiger partial charge in [0.2, 0.25) is 0 Å². The van der Waals surface area contributed by atoms with E-state index >= 15 is 0 Å². The quantitative estimate of drug-likeness (QED) is 0.489. The van der Waals surface area contributed by atoms with Gasteiger partial charge in [-0.3, -0.25) is 4.79 Å². The second-order valence-corrected chi connectivity index (χ2v) is 5.94. The van der Waals surface area contributed by atoms with E-state index in [0.717, 1.165) is 29.8 Å². The molecule has 0 unspecified atom stereocenters. The summed E-state index contributed by atoms with van der Waals surface area (Å²) in [7, 11) is 0. The summed E-state index contributed by atoms with van der Waals surface area (Å²) < 4.78 is 32.9. The van der Waals surface area contributed by atoms with Crippen LogP contribution in [-0.4, -0.2) is 33.5 Å². The van der Waals surface area contributed by atoms with E-state index in [4.69, 9.17) is 4.74 Å². The van der Waals surface area contributed by atoms with Crippen molar-refractivity contribution < 1.29 is 23.1 Å². The zero-order valence-electron chi connectivity index (χ0n) is 15.1. The number of rotatable bonds is 7. The molecule has 0 radical (unpaired) electrons. The number of carbonyl (C=O) groups is 2. The van der Waals surface area contributed by atoms with Gasteiger partial charge in [-0.15, -0.1) is 5.10 Å². The Hall–Kier alpha value is -3.88. The number of halogens is 2. The number of benzene rings is 2. The Morgan fingerprint density at radius 3 is 2.72 bits per heavy atom. The molecular formula is C20H16F2N4O3. The van der Waals surface area contributed by atoms with Crippen LogP contribution in [0, 0.1) is 11.6 Å². The molecule has 0 saturated carbocycles. The van der Waals surface area contributed by atoms with Gasteiger partial charge in [-0.1, -0.05) is 35.5 Å². The van der Waals surface area contributed by atoms with Gasteiger partial charge in [-0.05, 0) is 23.8 Å². The van der Waals surface area contributed by atoms with Crippen LogP contribution in [0.1, 0.15) is 11.3 Å². The van der Waals surface area contributed by atoms with Gasteiger partial charge in [0, 0.05) is 12.1 Å². The summed E-state index contributed by atoms with van der Waals surface area (Å²) in [6, 6.07) is 12.3. The molecule has 1 amide bonds. The van der Waals surface area contributed by atoms with Gasteiger partial charge in [0.1, 0.15) is 17.3 Å². The van der Waals surface area contributed by atoms with Crippen LogP contribution in [0.25, 0.3) is 6.08 Å². The topological polar surface area (TPSA) is 86.1 Å². The van der Waals surface area contributed by atoms with E-state index in [9.17, 15) is 18.4 Å². The minimum Gasteiger partial charge on any atom is -0.452 e. The molecule has 0 saturated heterocycles.